The second-order valence-corrected chi connectivity index (χ2v) is 6.94. The van der Waals surface area contributed by atoms with Crippen LogP contribution < -0.4 is 5.32 Å². The Morgan fingerprint density at radius 1 is 0.857 bits per heavy atom. The Morgan fingerprint density at radius 3 is 1.86 bits per heavy atom. The lowest BCUT2D eigenvalue weighted by molar-refractivity contribution is -0.133. The molecule has 142 valence electrons. The van der Waals surface area contributed by atoms with Gasteiger partial charge in [0.05, 0.1) is 12.5 Å². The van der Waals surface area contributed by atoms with Crippen molar-refractivity contribution in [3.63, 3.8) is 0 Å². The fourth-order valence-electron chi connectivity index (χ4n) is 3.02. The Hall–Kier alpha value is -3.11. The van der Waals surface area contributed by atoms with Gasteiger partial charge in [-0.2, -0.15) is 0 Å². The highest BCUT2D eigenvalue weighted by atomic mass is 35.5. The molecule has 3 aromatic carbocycles. The fourth-order valence-corrected chi connectivity index (χ4v) is 3.14. The number of hydrogen-bond acceptors (Lipinski definition) is 2. The minimum Gasteiger partial charge on any atom is -0.336 e. The van der Waals surface area contributed by atoms with Crippen LogP contribution in [0, 0.1) is 0 Å². The molecular formula is C23H21ClN2O2. The zero-order valence-corrected chi connectivity index (χ0v) is 16.3. The molecule has 3 rings (SSSR count). The van der Waals surface area contributed by atoms with Gasteiger partial charge < -0.3 is 10.2 Å². The number of amides is 2. The SMILES string of the molecule is CN(CC(=O)Nc1ccc(Cl)cc1)C(=O)C(c1ccccc1)c1ccccc1. The van der Waals surface area contributed by atoms with Crippen molar-refractivity contribution in [2.45, 2.75) is 5.92 Å². The van der Waals surface area contributed by atoms with E-state index >= 15 is 0 Å². The van der Waals surface area contributed by atoms with E-state index in [2.05, 4.69) is 5.32 Å². The van der Waals surface area contributed by atoms with Crippen LogP contribution in [0.4, 0.5) is 5.69 Å². The Balaban J connectivity index is 1.75. The molecule has 0 saturated heterocycles. The summed E-state index contributed by atoms with van der Waals surface area (Å²) in [5.41, 5.74) is 2.42. The number of likely N-dealkylation sites (N-methyl/N-ethyl adjacent to an activating group) is 1. The molecule has 4 nitrogen and oxygen atoms in total. The van der Waals surface area contributed by atoms with E-state index in [-0.39, 0.29) is 18.4 Å². The van der Waals surface area contributed by atoms with Crippen LogP contribution in [0.25, 0.3) is 0 Å². The lowest BCUT2D eigenvalue weighted by Crippen LogP contribution is -2.38. The first kappa shape index (κ1) is 19.6. The molecule has 0 aromatic heterocycles. The summed E-state index contributed by atoms with van der Waals surface area (Å²) in [6.45, 7) is -0.0440. The van der Waals surface area contributed by atoms with Crippen molar-refractivity contribution >= 4 is 29.1 Å². The number of nitrogens with one attached hydrogen (secondary N) is 1. The van der Waals surface area contributed by atoms with Crippen molar-refractivity contribution in [2.75, 3.05) is 18.9 Å². The molecule has 3 aromatic rings. The van der Waals surface area contributed by atoms with Crippen molar-refractivity contribution in [2.24, 2.45) is 0 Å². The zero-order valence-electron chi connectivity index (χ0n) is 15.5. The highest BCUT2D eigenvalue weighted by Gasteiger charge is 2.26. The Labute approximate surface area is 169 Å². The van der Waals surface area contributed by atoms with Crippen molar-refractivity contribution in [3.8, 4) is 0 Å². The van der Waals surface area contributed by atoms with Crippen LogP contribution in [0.5, 0.6) is 0 Å². The van der Waals surface area contributed by atoms with Gasteiger partial charge in [-0.3, -0.25) is 9.59 Å². The molecule has 2 amide bonds. The third-order valence-electron chi connectivity index (χ3n) is 4.40. The molecule has 1 N–H and O–H groups in total. The van der Waals surface area contributed by atoms with Crippen LogP contribution in [0.3, 0.4) is 0 Å². The lowest BCUT2D eigenvalue weighted by Gasteiger charge is -2.24. The van der Waals surface area contributed by atoms with Gasteiger partial charge in [0, 0.05) is 17.8 Å². The van der Waals surface area contributed by atoms with E-state index in [4.69, 9.17) is 11.6 Å². The summed E-state index contributed by atoms with van der Waals surface area (Å²) < 4.78 is 0. The quantitative estimate of drug-likeness (QED) is 0.668. The van der Waals surface area contributed by atoms with Crippen LogP contribution in [0.2, 0.25) is 5.02 Å². The number of carbonyl (C=O) groups is 2. The number of halogens is 1. The van der Waals surface area contributed by atoms with Gasteiger partial charge in [-0.25, -0.2) is 0 Å². The highest BCUT2D eigenvalue weighted by Crippen LogP contribution is 2.26. The van der Waals surface area contributed by atoms with Crippen LogP contribution >= 0.6 is 11.6 Å². The molecule has 0 bridgehead atoms. The van der Waals surface area contributed by atoms with Crippen LogP contribution in [-0.2, 0) is 9.59 Å². The van der Waals surface area contributed by atoms with Gasteiger partial charge in [-0.15, -0.1) is 0 Å². The first-order chi connectivity index (χ1) is 13.5. The van der Waals surface area contributed by atoms with Crippen LogP contribution in [0.15, 0.2) is 84.9 Å². The Kier molecular flexibility index (Phi) is 6.45. The van der Waals surface area contributed by atoms with E-state index in [9.17, 15) is 9.59 Å². The van der Waals surface area contributed by atoms with Crippen molar-refractivity contribution < 1.29 is 9.59 Å². The van der Waals surface area contributed by atoms with Gasteiger partial charge in [-0.1, -0.05) is 72.3 Å². The highest BCUT2D eigenvalue weighted by molar-refractivity contribution is 6.30. The largest absolute Gasteiger partial charge is 0.336 e. The molecule has 0 fully saturated rings. The fraction of sp³-hybridized carbons (Fsp3) is 0.130. The van der Waals surface area contributed by atoms with Crippen molar-refractivity contribution in [1.82, 2.24) is 4.90 Å². The van der Waals surface area contributed by atoms with Crippen molar-refractivity contribution in [3.05, 3.63) is 101 Å². The second-order valence-electron chi connectivity index (χ2n) is 6.50. The molecule has 0 radical (unpaired) electrons. The number of anilines is 1. The maximum atomic E-state index is 13.2. The van der Waals surface area contributed by atoms with E-state index in [1.54, 1.807) is 31.3 Å². The summed E-state index contributed by atoms with van der Waals surface area (Å²) in [6, 6.07) is 26.0. The summed E-state index contributed by atoms with van der Waals surface area (Å²) >= 11 is 5.86. The van der Waals surface area contributed by atoms with E-state index in [0.29, 0.717) is 10.7 Å². The molecular weight excluding hydrogens is 372 g/mol. The summed E-state index contributed by atoms with van der Waals surface area (Å²) in [5.74, 6) is -0.863. The van der Waals surface area contributed by atoms with Gasteiger partial charge in [-0.05, 0) is 35.4 Å². The van der Waals surface area contributed by atoms with Gasteiger partial charge in [0.15, 0.2) is 0 Å². The maximum absolute atomic E-state index is 13.2. The Bertz CT molecular complexity index is 888. The average molecular weight is 393 g/mol. The van der Waals surface area contributed by atoms with E-state index in [1.807, 2.05) is 60.7 Å². The molecule has 0 saturated carbocycles. The molecule has 0 spiro atoms. The Morgan fingerprint density at radius 2 is 1.36 bits per heavy atom. The predicted molar refractivity (Wildman–Crippen MR) is 112 cm³/mol. The maximum Gasteiger partial charge on any atom is 0.243 e. The summed E-state index contributed by atoms with van der Waals surface area (Å²) in [6.07, 6.45) is 0. The summed E-state index contributed by atoms with van der Waals surface area (Å²) in [7, 11) is 1.64. The van der Waals surface area contributed by atoms with E-state index in [0.717, 1.165) is 11.1 Å². The average Bonchev–Trinajstić information content (AvgIpc) is 2.71. The molecule has 28 heavy (non-hydrogen) atoms. The first-order valence-electron chi connectivity index (χ1n) is 8.95. The van der Waals surface area contributed by atoms with Gasteiger partial charge in [0.1, 0.15) is 0 Å². The molecule has 0 aliphatic heterocycles. The number of rotatable bonds is 6. The van der Waals surface area contributed by atoms with E-state index in [1.165, 1.54) is 4.90 Å². The topological polar surface area (TPSA) is 49.4 Å². The van der Waals surface area contributed by atoms with Gasteiger partial charge in [0.25, 0.3) is 0 Å². The number of carbonyl (C=O) groups excluding carboxylic acids is 2. The first-order valence-corrected chi connectivity index (χ1v) is 9.32. The summed E-state index contributed by atoms with van der Waals surface area (Å²) in [5, 5.41) is 3.38. The predicted octanol–water partition coefficient (Wildman–Crippen LogP) is 4.57. The van der Waals surface area contributed by atoms with Gasteiger partial charge >= 0.3 is 0 Å². The third kappa shape index (κ3) is 4.99. The minimum absolute atomic E-state index is 0.0440. The molecule has 5 heteroatoms. The standard InChI is InChI=1S/C23H21ClN2O2/c1-26(16-21(27)25-20-14-12-19(24)13-15-20)23(28)22(17-8-4-2-5-9-17)18-10-6-3-7-11-18/h2-15,22H,16H2,1H3,(H,25,27). The van der Waals surface area contributed by atoms with Gasteiger partial charge in [0.2, 0.25) is 11.8 Å². The number of hydrogen-bond donors (Lipinski definition) is 1. The molecule has 0 heterocycles. The zero-order chi connectivity index (χ0) is 19.9. The molecule has 0 unspecified atom stereocenters. The normalized spacial score (nSPS) is 10.5. The molecule has 0 atom stereocenters. The third-order valence-corrected chi connectivity index (χ3v) is 4.65. The molecule has 0 aliphatic rings. The number of benzene rings is 3. The van der Waals surface area contributed by atoms with Crippen molar-refractivity contribution in [1.29, 1.82) is 0 Å². The number of nitrogens with zero attached hydrogens (tertiary/aromatic N) is 1. The van der Waals surface area contributed by atoms with Crippen LogP contribution in [-0.4, -0.2) is 30.3 Å². The monoisotopic (exact) mass is 392 g/mol. The summed E-state index contributed by atoms with van der Waals surface area (Å²) in [4.78, 5) is 27.0. The van der Waals surface area contributed by atoms with E-state index < -0.39 is 5.92 Å². The smallest absolute Gasteiger partial charge is 0.243 e. The minimum atomic E-state index is -0.462. The second kappa shape index (κ2) is 9.20. The molecule has 0 aliphatic carbocycles. The lowest BCUT2D eigenvalue weighted by atomic mass is 9.90. The van der Waals surface area contributed by atoms with Crippen LogP contribution in [0.1, 0.15) is 17.0 Å².